The lowest BCUT2D eigenvalue weighted by atomic mass is 10.2. The molecule has 0 saturated carbocycles. The van der Waals surface area contributed by atoms with Crippen molar-refractivity contribution in [2.75, 3.05) is 20.1 Å². The molecule has 0 atom stereocenters. The zero-order valence-corrected chi connectivity index (χ0v) is 11.7. The number of aliphatic carboxylic acids is 1. The molecule has 0 spiro atoms. The molecule has 0 aromatic heterocycles. The summed E-state index contributed by atoms with van der Waals surface area (Å²) in [7, 11) is 1.59. The molecule has 0 aliphatic carbocycles. The van der Waals surface area contributed by atoms with E-state index >= 15 is 0 Å². The molecule has 0 fully saturated rings. The van der Waals surface area contributed by atoms with Crippen molar-refractivity contribution >= 4 is 12.0 Å². The van der Waals surface area contributed by atoms with Crippen LogP contribution < -0.4 is 0 Å². The van der Waals surface area contributed by atoms with E-state index in [4.69, 9.17) is 5.11 Å². The van der Waals surface area contributed by atoms with Gasteiger partial charge in [0.15, 0.2) is 0 Å². The first-order valence-corrected chi connectivity index (χ1v) is 6.40. The maximum absolute atomic E-state index is 12.8. The Morgan fingerprint density at radius 1 is 1.25 bits per heavy atom. The molecule has 0 saturated heterocycles. The number of hydrogen-bond donors (Lipinski definition) is 1. The van der Waals surface area contributed by atoms with Crippen molar-refractivity contribution in [3.05, 3.63) is 35.6 Å². The third-order valence-electron chi connectivity index (χ3n) is 2.75. The number of carbonyl (C=O) groups is 2. The summed E-state index contributed by atoms with van der Waals surface area (Å²) in [5, 5.41) is 8.81. The van der Waals surface area contributed by atoms with E-state index < -0.39 is 5.97 Å². The largest absolute Gasteiger partial charge is 0.480 e. The zero-order chi connectivity index (χ0) is 15.1. The maximum atomic E-state index is 12.8. The molecule has 0 unspecified atom stereocenters. The van der Waals surface area contributed by atoms with Crippen LogP contribution in [0.3, 0.4) is 0 Å². The minimum Gasteiger partial charge on any atom is -0.480 e. The summed E-state index contributed by atoms with van der Waals surface area (Å²) >= 11 is 0. The Morgan fingerprint density at radius 3 is 2.35 bits per heavy atom. The van der Waals surface area contributed by atoms with Gasteiger partial charge in [0.2, 0.25) is 0 Å². The van der Waals surface area contributed by atoms with E-state index in [-0.39, 0.29) is 18.4 Å². The quantitative estimate of drug-likeness (QED) is 0.870. The molecule has 5 nitrogen and oxygen atoms in total. The molecular weight excluding hydrogens is 263 g/mol. The predicted octanol–water partition coefficient (Wildman–Crippen LogP) is 2.17. The fourth-order valence-corrected chi connectivity index (χ4v) is 1.85. The minimum atomic E-state index is -1.04. The number of carbonyl (C=O) groups excluding carboxylic acids is 1. The number of halogens is 1. The molecular formula is C14H19FN2O3. The Morgan fingerprint density at radius 2 is 1.85 bits per heavy atom. The predicted molar refractivity (Wildman–Crippen MR) is 72.8 cm³/mol. The van der Waals surface area contributed by atoms with E-state index in [1.54, 1.807) is 19.2 Å². The highest BCUT2D eigenvalue weighted by molar-refractivity contribution is 5.80. The molecule has 1 aromatic rings. The van der Waals surface area contributed by atoms with Gasteiger partial charge in [0.25, 0.3) is 0 Å². The van der Waals surface area contributed by atoms with Crippen LogP contribution in [-0.2, 0) is 11.3 Å². The standard InChI is InChI=1S/C14H19FN2O3/c1-3-8-17(10-13(18)19)14(20)16(2)9-11-4-6-12(15)7-5-11/h4-7H,3,8-10H2,1-2H3,(H,18,19). The van der Waals surface area contributed by atoms with E-state index in [0.717, 1.165) is 5.56 Å². The summed E-state index contributed by atoms with van der Waals surface area (Å²) in [6, 6.07) is 5.50. The third kappa shape index (κ3) is 4.87. The molecule has 1 N–H and O–H groups in total. The maximum Gasteiger partial charge on any atom is 0.323 e. The Bertz CT molecular complexity index is 462. The summed E-state index contributed by atoms with van der Waals surface area (Å²) < 4.78 is 12.8. The van der Waals surface area contributed by atoms with Gasteiger partial charge in [-0.3, -0.25) is 4.79 Å². The van der Waals surface area contributed by atoms with Gasteiger partial charge in [0.05, 0.1) is 0 Å². The number of carboxylic acids is 1. The summed E-state index contributed by atoms with van der Waals surface area (Å²) in [5.74, 6) is -1.37. The van der Waals surface area contributed by atoms with E-state index in [9.17, 15) is 14.0 Å². The number of amides is 2. The van der Waals surface area contributed by atoms with Crippen molar-refractivity contribution in [2.45, 2.75) is 19.9 Å². The van der Waals surface area contributed by atoms with Crippen LogP contribution in [0.4, 0.5) is 9.18 Å². The summed E-state index contributed by atoms with van der Waals surface area (Å²) in [4.78, 5) is 25.6. The molecule has 110 valence electrons. The number of nitrogens with zero attached hydrogens (tertiary/aromatic N) is 2. The minimum absolute atomic E-state index is 0.305. The van der Waals surface area contributed by atoms with Crippen molar-refractivity contribution in [1.82, 2.24) is 9.80 Å². The lowest BCUT2D eigenvalue weighted by Crippen LogP contribution is -2.43. The second-order valence-electron chi connectivity index (χ2n) is 4.58. The van der Waals surface area contributed by atoms with Crippen molar-refractivity contribution in [3.63, 3.8) is 0 Å². The van der Waals surface area contributed by atoms with Crippen molar-refractivity contribution in [2.24, 2.45) is 0 Å². The number of benzene rings is 1. The van der Waals surface area contributed by atoms with Crippen molar-refractivity contribution in [3.8, 4) is 0 Å². The number of rotatable bonds is 6. The fraction of sp³-hybridized carbons (Fsp3) is 0.429. The second kappa shape index (κ2) is 7.47. The van der Waals surface area contributed by atoms with E-state index in [1.807, 2.05) is 6.92 Å². The molecule has 2 amide bonds. The van der Waals surface area contributed by atoms with Crippen LogP contribution in [-0.4, -0.2) is 47.0 Å². The van der Waals surface area contributed by atoms with Crippen LogP contribution in [0.25, 0.3) is 0 Å². The van der Waals surface area contributed by atoms with E-state index in [0.29, 0.717) is 19.5 Å². The highest BCUT2D eigenvalue weighted by Crippen LogP contribution is 2.08. The van der Waals surface area contributed by atoms with Gasteiger partial charge in [0.1, 0.15) is 12.4 Å². The lowest BCUT2D eigenvalue weighted by molar-refractivity contribution is -0.137. The van der Waals surface area contributed by atoms with Gasteiger partial charge >= 0.3 is 12.0 Å². The monoisotopic (exact) mass is 282 g/mol. The molecule has 0 heterocycles. The first kappa shape index (κ1) is 15.9. The normalized spacial score (nSPS) is 10.2. The van der Waals surface area contributed by atoms with Gasteiger partial charge in [-0.25, -0.2) is 9.18 Å². The van der Waals surface area contributed by atoms with Crippen LogP contribution in [0.2, 0.25) is 0 Å². The highest BCUT2D eigenvalue weighted by Gasteiger charge is 2.19. The molecule has 0 bridgehead atoms. The molecule has 0 aliphatic heterocycles. The second-order valence-corrected chi connectivity index (χ2v) is 4.58. The fourth-order valence-electron chi connectivity index (χ4n) is 1.85. The smallest absolute Gasteiger partial charge is 0.323 e. The number of urea groups is 1. The van der Waals surface area contributed by atoms with Crippen molar-refractivity contribution < 1.29 is 19.1 Å². The topological polar surface area (TPSA) is 60.9 Å². The van der Waals surface area contributed by atoms with Crippen LogP contribution >= 0.6 is 0 Å². The van der Waals surface area contributed by atoms with Gasteiger partial charge in [-0.15, -0.1) is 0 Å². The first-order chi connectivity index (χ1) is 9.43. The molecule has 6 heteroatoms. The third-order valence-corrected chi connectivity index (χ3v) is 2.75. The lowest BCUT2D eigenvalue weighted by Gasteiger charge is -2.26. The average Bonchev–Trinajstić information content (AvgIpc) is 2.39. The van der Waals surface area contributed by atoms with Crippen LogP contribution in [0.1, 0.15) is 18.9 Å². The Kier molecular flexibility index (Phi) is 5.96. The zero-order valence-electron chi connectivity index (χ0n) is 11.7. The summed E-state index contributed by atoms with van der Waals surface area (Å²) in [6.07, 6.45) is 0.684. The van der Waals surface area contributed by atoms with E-state index in [2.05, 4.69) is 0 Å². The van der Waals surface area contributed by atoms with Crippen LogP contribution in [0, 0.1) is 5.82 Å². The molecule has 0 aliphatic rings. The van der Waals surface area contributed by atoms with Gasteiger partial charge < -0.3 is 14.9 Å². The van der Waals surface area contributed by atoms with Crippen molar-refractivity contribution in [1.29, 1.82) is 0 Å². The molecule has 1 rings (SSSR count). The molecule has 0 radical (unpaired) electrons. The average molecular weight is 282 g/mol. The van der Waals surface area contributed by atoms with E-state index in [1.165, 1.54) is 21.9 Å². The molecule has 20 heavy (non-hydrogen) atoms. The summed E-state index contributed by atoms with van der Waals surface area (Å²) in [6.45, 7) is 2.25. The highest BCUT2D eigenvalue weighted by atomic mass is 19.1. The number of hydrogen-bond acceptors (Lipinski definition) is 2. The van der Waals surface area contributed by atoms with Crippen LogP contribution in [0.15, 0.2) is 24.3 Å². The van der Waals surface area contributed by atoms with Gasteiger partial charge in [-0.1, -0.05) is 19.1 Å². The number of carboxylic acid groups (broad SMARTS) is 1. The molecule has 1 aromatic carbocycles. The van der Waals surface area contributed by atoms with Gasteiger partial charge in [-0.05, 0) is 24.1 Å². The SMILES string of the molecule is CCCN(CC(=O)O)C(=O)N(C)Cc1ccc(F)cc1. The summed E-state index contributed by atoms with van der Waals surface area (Å²) in [5.41, 5.74) is 0.786. The van der Waals surface area contributed by atoms with Gasteiger partial charge in [-0.2, -0.15) is 0 Å². The Hall–Kier alpha value is -2.11. The first-order valence-electron chi connectivity index (χ1n) is 6.40. The Balaban J connectivity index is 2.67. The van der Waals surface area contributed by atoms with Gasteiger partial charge in [0, 0.05) is 20.1 Å². The van der Waals surface area contributed by atoms with Crippen LogP contribution in [0.5, 0.6) is 0 Å². The Labute approximate surface area is 117 Å².